The van der Waals surface area contributed by atoms with E-state index in [1.165, 1.54) is 0 Å². The molecule has 1 aliphatic heterocycles. The van der Waals surface area contributed by atoms with Gasteiger partial charge in [-0.05, 0) is 23.0 Å². The van der Waals surface area contributed by atoms with Crippen LogP contribution in [0.25, 0.3) is 11.3 Å². The van der Waals surface area contributed by atoms with Crippen LogP contribution in [0.4, 0.5) is 5.82 Å². The first-order chi connectivity index (χ1) is 13.5. The van der Waals surface area contributed by atoms with Gasteiger partial charge < -0.3 is 5.32 Å². The Kier molecular flexibility index (Phi) is 3.76. The van der Waals surface area contributed by atoms with Crippen molar-refractivity contribution in [1.82, 2.24) is 10.2 Å². The van der Waals surface area contributed by atoms with Crippen molar-refractivity contribution in [1.29, 1.82) is 0 Å². The van der Waals surface area contributed by atoms with Crippen molar-refractivity contribution in [3.63, 3.8) is 0 Å². The van der Waals surface area contributed by atoms with Gasteiger partial charge in [-0.1, -0.05) is 74.5 Å². The lowest BCUT2D eigenvalue weighted by atomic mass is 9.69. The topological polar surface area (TPSA) is 57.8 Å². The van der Waals surface area contributed by atoms with E-state index < -0.39 is 0 Å². The van der Waals surface area contributed by atoms with Crippen LogP contribution < -0.4 is 5.32 Å². The Morgan fingerprint density at radius 2 is 1.64 bits per heavy atom. The smallest absolute Gasteiger partial charge is 0.162 e. The molecule has 0 saturated heterocycles. The normalized spacial score (nSPS) is 20.4. The molecule has 1 aliphatic carbocycles. The minimum Gasteiger partial charge on any atom is -0.342 e. The molecule has 0 spiro atoms. The third kappa shape index (κ3) is 2.68. The highest BCUT2D eigenvalue weighted by Gasteiger charge is 2.42. The predicted octanol–water partition coefficient (Wildman–Crippen LogP) is 5.28. The van der Waals surface area contributed by atoms with E-state index in [-0.39, 0.29) is 17.1 Å². The van der Waals surface area contributed by atoms with Gasteiger partial charge in [0.1, 0.15) is 0 Å². The summed E-state index contributed by atoms with van der Waals surface area (Å²) in [5.41, 5.74) is 6.12. The van der Waals surface area contributed by atoms with Crippen molar-refractivity contribution in [2.75, 3.05) is 5.32 Å². The van der Waals surface area contributed by atoms with E-state index in [9.17, 15) is 4.79 Å². The Bertz CT molecular complexity index is 1080. The molecule has 0 radical (unpaired) electrons. The molecule has 0 amide bonds. The number of H-pyrrole nitrogens is 1. The molecule has 2 aromatic carbocycles. The first-order valence-electron chi connectivity index (χ1n) is 9.75. The molecule has 3 aromatic rings. The van der Waals surface area contributed by atoms with E-state index >= 15 is 0 Å². The largest absolute Gasteiger partial charge is 0.342 e. The lowest BCUT2D eigenvalue weighted by Crippen LogP contribution is -2.33. The van der Waals surface area contributed by atoms with Crippen LogP contribution in [0.2, 0.25) is 0 Å². The zero-order valence-electron chi connectivity index (χ0n) is 16.1. The minimum absolute atomic E-state index is 0.0414. The fourth-order valence-corrected chi connectivity index (χ4v) is 4.60. The fraction of sp³-hybridized carbons (Fsp3) is 0.250. The van der Waals surface area contributed by atoms with Crippen LogP contribution in [0.3, 0.4) is 0 Å². The SMILES string of the molecule is CC1(C)CC(=O)C2=C(C1)Nc1n[nH]c(-c3ccccc3)c1[C@H]2c1ccccc1. The number of ketones is 1. The lowest BCUT2D eigenvalue weighted by molar-refractivity contribution is -0.118. The van der Waals surface area contributed by atoms with Gasteiger partial charge in [-0.25, -0.2) is 0 Å². The molecule has 140 valence electrons. The van der Waals surface area contributed by atoms with Crippen molar-refractivity contribution in [2.24, 2.45) is 5.41 Å². The summed E-state index contributed by atoms with van der Waals surface area (Å²) >= 11 is 0. The second kappa shape index (κ2) is 6.20. The van der Waals surface area contributed by atoms with Crippen molar-refractivity contribution in [3.8, 4) is 11.3 Å². The van der Waals surface area contributed by atoms with Crippen LogP contribution in [0.15, 0.2) is 71.9 Å². The number of hydrogen-bond donors (Lipinski definition) is 2. The molecule has 2 N–H and O–H groups in total. The molecule has 0 bridgehead atoms. The molecule has 0 saturated carbocycles. The number of Topliss-reactive ketones (excluding diaryl/α,β-unsaturated/α-hetero) is 1. The molecule has 0 fully saturated rings. The van der Waals surface area contributed by atoms with Crippen LogP contribution in [0.1, 0.15) is 43.7 Å². The Hall–Kier alpha value is -3.14. The average molecular weight is 369 g/mol. The summed E-state index contributed by atoms with van der Waals surface area (Å²) in [6.45, 7) is 4.31. The first kappa shape index (κ1) is 17.0. The number of fused-ring (bicyclic) bond motifs is 1. The van der Waals surface area contributed by atoms with E-state index in [1.807, 2.05) is 36.4 Å². The predicted molar refractivity (Wildman–Crippen MR) is 111 cm³/mol. The Labute approximate surface area is 164 Å². The van der Waals surface area contributed by atoms with Crippen molar-refractivity contribution in [2.45, 2.75) is 32.6 Å². The highest BCUT2D eigenvalue weighted by atomic mass is 16.1. The van der Waals surface area contributed by atoms with Crippen LogP contribution >= 0.6 is 0 Å². The molecule has 28 heavy (non-hydrogen) atoms. The molecule has 2 heterocycles. The van der Waals surface area contributed by atoms with E-state index in [2.05, 4.69) is 53.6 Å². The third-order valence-electron chi connectivity index (χ3n) is 5.77. The second-order valence-corrected chi connectivity index (χ2v) is 8.53. The van der Waals surface area contributed by atoms with Gasteiger partial charge in [0.05, 0.1) is 5.69 Å². The molecular formula is C24H23N3O. The maximum absolute atomic E-state index is 13.3. The lowest BCUT2D eigenvalue weighted by Gasteiger charge is -2.38. The summed E-state index contributed by atoms with van der Waals surface area (Å²) in [4.78, 5) is 13.3. The minimum atomic E-state index is -0.106. The number of anilines is 1. The second-order valence-electron chi connectivity index (χ2n) is 8.53. The fourth-order valence-electron chi connectivity index (χ4n) is 4.60. The maximum Gasteiger partial charge on any atom is 0.162 e. The molecule has 1 aromatic heterocycles. The summed E-state index contributed by atoms with van der Waals surface area (Å²) in [7, 11) is 0. The molecule has 1 atom stereocenters. The maximum atomic E-state index is 13.3. The van der Waals surface area contributed by atoms with Gasteiger partial charge in [-0.2, -0.15) is 5.10 Å². The zero-order chi connectivity index (χ0) is 19.3. The van der Waals surface area contributed by atoms with Crippen LogP contribution in [-0.2, 0) is 4.79 Å². The first-order valence-corrected chi connectivity index (χ1v) is 9.75. The molecule has 2 aliphatic rings. The van der Waals surface area contributed by atoms with Gasteiger partial charge in [-0.3, -0.25) is 9.89 Å². The van der Waals surface area contributed by atoms with E-state index in [0.717, 1.165) is 45.9 Å². The number of carbonyl (C=O) groups is 1. The van der Waals surface area contributed by atoms with Crippen molar-refractivity contribution >= 4 is 11.6 Å². The molecule has 5 rings (SSSR count). The third-order valence-corrected chi connectivity index (χ3v) is 5.77. The number of hydrogen-bond acceptors (Lipinski definition) is 3. The van der Waals surface area contributed by atoms with Crippen molar-refractivity contribution < 1.29 is 4.79 Å². The number of rotatable bonds is 2. The highest BCUT2D eigenvalue weighted by molar-refractivity contribution is 6.02. The molecule has 4 heteroatoms. The molecular weight excluding hydrogens is 346 g/mol. The quantitative estimate of drug-likeness (QED) is 0.646. The van der Waals surface area contributed by atoms with Gasteiger partial charge >= 0.3 is 0 Å². The Morgan fingerprint density at radius 3 is 2.36 bits per heavy atom. The summed E-state index contributed by atoms with van der Waals surface area (Å²) in [5.74, 6) is 0.959. The number of carbonyl (C=O) groups excluding carboxylic acids is 1. The van der Waals surface area contributed by atoms with Crippen molar-refractivity contribution in [3.05, 3.63) is 83.1 Å². The number of aromatic nitrogens is 2. The summed E-state index contributed by atoms with van der Waals surface area (Å²) < 4.78 is 0. The monoisotopic (exact) mass is 369 g/mol. The summed E-state index contributed by atoms with van der Waals surface area (Å²) in [5, 5.41) is 11.3. The van der Waals surface area contributed by atoms with E-state index in [1.54, 1.807) is 0 Å². The van der Waals surface area contributed by atoms with Gasteiger partial charge in [0, 0.05) is 29.2 Å². The summed E-state index contributed by atoms with van der Waals surface area (Å²) in [6, 6.07) is 20.5. The standard InChI is InChI=1S/C24H23N3O/c1-24(2)13-17-20(18(28)14-24)19(15-9-5-3-6-10-15)21-22(26-27-23(21)25-17)16-11-7-4-8-12-16/h3-12,19H,13-14H2,1-2H3,(H2,25,26,27)/t19-/m0/s1. The number of benzene rings is 2. The van der Waals surface area contributed by atoms with Gasteiger partial charge in [0.2, 0.25) is 0 Å². The van der Waals surface area contributed by atoms with Crippen LogP contribution in [0.5, 0.6) is 0 Å². The number of nitrogens with one attached hydrogen (secondary N) is 2. The number of allylic oxidation sites excluding steroid dienone is 2. The van der Waals surface area contributed by atoms with E-state index in [0.29, 0.717) is 6.42 Å². The number of nitrogens with zero attached hydrogens (tertiary/aromatic N) is 1. The highest BCUT2D eigenvalue weighted by Crippen LogP contribution is 2.50. The molecule has 0 unspecified atom stereocenters. The Balaban J connectivity index is 1.74. The van der Waals surface area contributed by atoms with Gasteiger partial charge in [0.25, 0.3) is 0 Å². The summed E-state index contributed by atoms with van der Waals surface area (Å²) in [6.07, 6.45) is 1.43. The van der Waals surface area contributed by atoms with E-state index in [4.69, 9.17) is 0 Å². The van der Waals surface area contributed by atoms with Crippen LogP contribution in [0, 0.1) is 5.41 Å². The van der Waals surface area contributed by atoms with Gasteiger partial charge in [0.15, 0.2) is 11.6 Å². The average Bonchev–Trinajstić information content (AvgIpc) is 3.10. The Morgan fingerprint density at radius 1 is 0.964 bits per heavy atom. The van der Waals surface area contributed by atoms with Gasteiger partial charge in [-0.15, -0.1) is 0 Å². The number of aromatic amines is 1. The zero-order valence-corrected chi connectivity index (χ0v) is 16.1. The molecule has 4 nitrogen and oxygen atoms in total. The van der Waals surface area contributed by atoms with Crippen LogP contribution in [-0.4, -0.2) is 16.0 Å².